The second-order valence-corrected chi connectivity index (χ2v) is 4.37. The molecule has 0 saturated carbocycles. The Balaban J connectivity index is 2.77. The van der Waals surface area contributed by atoms with Gasteiger partial charge < -0.3 is 21.3 Å². The lowest BCUT2D eigenvalue weighted by molar-refractivity contribution is -0.139. The number of carbonyl (C=O) groups excluding carboxylic acids is 2. The van der Waals surface area contributed by atoms with Crippen LogP contribution in [0.2, 0.25) is 0 Å². The number of aliphatic carboxylic acids is 1. The molecule has 0 aliphatic heterocycles. The molecule has 7 heteroatoms. The number of carbonyl (C=O) groups is 3. The molecule has 1 rings (SSSR count). The number of benzene rings is 1. The van der Waals surface area contributed by atoms with Crippen LogP contribution in [0.25, 0.3) is 0 Å². The molecule has 2 amide bonds. The van der Waals surface area contributed by atoms with Crippen molar-refractivity contribution < 1.29 is 24.6 Å². The number of carboxylic acids is 1. The second-order valence-electron chi connectivity index (χ2n) is 4.37. The quantitative estimate of drug-likeness (QED) is 0.589. The molecule has 0 spiro atoms. The Morgan fingerprint density at radius 2 is 2.00 bits per heavy atom. The van der Waals surface area contributed by atoms with Crippen LogP contribution < -0.4 is 11.1 Å². The SMILES string of the molecule is Cc1cc(C(=O)N[C@H](CCC(N)=O)C(=O)O)ccc1O. The minimum Gasteiger partial charge on any atom is -0.508 e. The number of primary amides is 1. The van der Waals surface area contributed by atoms with E-state index >= 15 is 0 Å². The fourth-order valence-corrected chi connectivity index (χ4v) is 1.58. The van der Waals surface area contributed by atoms with Gasteiger partial charge in [0, 0.05) is 12.0 Å². The van der Waals surface area contributed by atoms with Crippen LogP contribution >= 0.6 is 0 Å². The van der Waals surface area contributed by atoms with Crippen LogP contribution in [0.4, 0.5) is 0 Å². The van der Waals surface area contributed by atoms with E-state index in [1.54, 1.807) is 6.92 Å². The third-order valence-corrected chi connectivity index (χ3v) is 2.74. The van der Waals surface area contributed by atoms with Crippen molar-refractivity contribution in [3.63, 3.8) is 0 Å². The molecule has 108 valence electrons. The summed E-state index contributed by atoms with van der Waals surface area (Å²) in [7, 11) is 0. The Labute approximate surface area is 115 Å². The molecule has 0 aliphatic rings. The van der Waals surface area contributed by atoms with Gasteiger partial charge in [-0.1, -0.05) is 0 Å². The zero-order chi connectivity index (χ0) is 15.3. The van der Waals surface area contributed by atoms with E-state index in [0.717, 1.165) is 0 Å². The van der Waals surface area contributed by atoms with E-state index in [9.17, 15) is 19.5 Å². The first-order valence-corrected chi connectivity index (χ1v) is 5.93. The van der Waals surface area contributed by atoms with Gasteiger partial charge in [-0.3, -0.25) is 9.59 Å². The van der Waals surface area contributed by atoms with E-state index in [1.807, 2.05) is 0 Å². The topological polar surface area (TPSA) is 130 Å². The molecule has 5 N–H and O–H groups in total. The van der Waals surface area contributed by atoms with Crippen molar-refractivity contribution in [2.75, 3.05) is 0 Å². The first kappa shape index (κ1) is 15.5. The minimum atomic E-state index is -1.24. The highest BCUT2D eigenvalue weighted by molar-refractivity contribution is 5.97. The zero-order valence-electron chi connectivity index (χ0n) is 10.9. The number of amides is 2. The fraction of sp³-hybridized carbons (Fsp3) is 0.308. The minimum absolute atomic E-state index is 0.0464. The van der Waals surface area contributed by atoms with E-state index in [0.29, 0.717) is 5.56 Å². The maximum atomic E-state index is 11.9. The van der Waals surface area contributed by atoms with Crippen molar-refractivity contribution >= 4 is 17.8 Å². The number of aromatic hydroxyl groups is 1. The summed E-state index contributed by atoms with van der Waals surface area (Å²) in [6.07, 6.45) is -0.209. The van der Waals surface area contributed by atoms with Crippen LogP contribution in [0, 0.1) is 6.92 Å². The third kappa shape index (κ3) is 4.27. The van der Waals surface area contributed by atoms with Crippen LogP contribution in [0.15, 0.2) is 18.2 Å². The number of aryl methyl sites for hydroxylation is 1. The van der Waals surface area contributed by atoms with E-state index in [2.05, 4.69) is 5.32 Å². The van der Waals surface area contributed by atoms with Gasteiger partial charge in [-0.2, -0.15) is 0 Å². The number of phenols is 1. The molecule has 0 heterocycles. The molecule has 1 aromatic carbocycles. The summed E-state index contributed by atoms with van der Waals surface area (Å²) in [4.78, 5) is 33.5. The van der Waals surface area contributed by atoms with E-state index < -0.39 is 23.8 Å². The number of phenolic OH excluding ortho intramolecular Hbond substituents is 1. The fourth-order valence-electron chi connectivity index (χ4n) is 1.58. The molecule has 0 bridgehead atoms. The maximum absolute atomic E-state index is 11.9. The lowest BCUT2D eigenvalue weighted by atomic mass is 10.1. The van der Waals surface area contributed by atoms with Crippen molar-refractivity contribution in [2.24, 2.45) is 5.73 Å². The van der Waals surface area contributed by atoms with Gasteiger partial charge in [0.2, 0.25) is 5.91 Å². The monoisotopic (exact) mass is 280 g/mol. The highest BCUT2D eigenvalue weighted by Gasteiger charge is 2.21. The number of nitrogens with two attached hydrogens (primary N) is 1. The summed E-state index contributed by atoms with van der Waals surface area (Å²) >= 11 is 0. The van der Waals surface area contributed by atoms with Gasteiger partial charge in [0.1, 0.15) is 11.8 Å². The maximum Gasteiger partial charge on any atom is 0.326 e. The molecule has 0 unspecified atom stereocenters. The molecule has 7 nitrogen and oxygen atoms in total. The molecule has 1 aromatic rings. The highest BCUT2D eigenvalue weighted by Crippen LogP contribution is 2.17. The average molecular weight is 280 g/mol. The van der Waals surface area contributed by atoms with Gasteiger partial charge in [-0.15, -0.1) is 0 Å². The van der Waals surface area contributed by atoms with Crippen molar-refractivity contribution in [1.82, 2.24) is 5.32 Å². The van der Waals surface area contributed by atoms with Crippen molar-refractivity contribution in [3.8, 4) is 5.75 Å². The van der Waals surface area contributed by atoms with Gasteiger partial charge in [-0.05, 0) is 37.1 Å². The van der Waals surface area contributed by atoms with Crippen LogP contribution in [0.1, 0.15) is 28.8 Å². The molecule has 0 fully saturated rings. The number of hydrogen-bond donors (Lipinski definition) is 4. The third-order valence-electron chi connectivity index (χ3n) is 2.74. The van der Waals surface area contributed by atoms with Gasteiger partial charge in [-0.25, -0.2) is 4.79 Å². The lowest BCUT2D eigenvalue weighted by Crippen LogP contribution is -2.41. The number of carboxylic acid groups (broad SMARTS) is 1. The number of nitrogens with one attached hydrogen (secondary N) is 1. The summed E-state index contributed by atoms with van der Waals surface area (Å²) in [5.74, 6) is -2.42. The van der Waals surface area contributed by atoms with E-state index in [1.165, 1.54) is 18.2 Å². The summed E-state index contributed by atoms with van der Waals surface area (Å²) < 4.78 is 0. The summed E-state index contributed by atoms with van der Waals surface area (Å²) in [5, 5.41) is 20.6. The molecule has 0 aliphatic carbocycles. The number of hydrogen-bond acceptors (Lipinski definition) is 4. The largest absolute Gasteiger partial charge is 0.508 e. The highest BCUT2D eigenvalue weighted by atomic mass is 16.4. The zero-order valence-corrected chi connectivity index (χ0v) is 10.9. The van der Waals surface area contributed by atoms with Gasteiger partial charge in [0.25, 0.3) is 5.91 Å². The molecule has 0 saturated heterocycles. The smallest absolute Gasteiger partial charge is 0.326 e. The normalized spacial score (nSPS) is 11.7. The van der Waals surface area contributed by atoms with Crippen LogP contribution in [-0.2, 0) is 9.59 Å². The Hall–Kier alpha value is -2.57. The average Bonchev–Trinajstić information content (AvgIpc) is 2.36. The van der Waals surface area contributed by atoms with Crippen LogP contribution in [0.5, 0.6) is 5.75 Å². The Kier molecular flexibility index (Phi) is 5.08. The van der Waals surface area contributed by atoms with E-state index in [-0.39, 0.29) is 24.2 Å². The van der Waals surface area contributed by atoms with Gasteiger partial charge >= 0.3 is 5.97 Å². The molecular weight excluding hydrogens is 264 g/mol. The lowest BCUT2D eigenvalue weighted by Gasteiger charge is -2.14. The van der Waals surface area contributed by atoms with Crippen LogP contribution in [0.3, 0.4) is 0 Å². The van der Waals surface area contributed by atoms with Gasteiger partial charge in [0.05, 0.1) is 0 Å². The second kappa shape index (κ2) is 6.55. The van der Waals surface area contributed by atoms with Crippen molar-refractivity contribution in [3.05, 3.63) is 29.3 Å². The molecule has 0 aromatic heterocycles. The molecular formula is C13H16N2O5. The van der Waals surface area contributed by atoms with Crippen molar-refractivity contribution in [2.45, 2.75) is 25.8 Å². The number of rotatable bonds is 6. The first-order chi connectivity index (χ1) is 9.31. The summed E-state index contributed by atoms with van der Waals surface area (Å²) in [5.41, 5.74) is 5.68. The first-order valence-electron chi connectivity index (χ1n) is 5.93. The molecule has 20 heavy (non-hydrogen) atoms. The standard InChI is InChI=1S/C13H16N2O5/c1-7-6-8(2-4-10(7)16)12(18)15-9(13(19)20)3-5-11(14)17/h2,4,6,9,16H,3,5H2,1H3,(H2,14,17)(H,15,18)(H,19,20)/t9-/m1/s1. The van der Waals surface area contributed by atoms with Crippen LogP contribution in [-0.4, -0.2) is 34.0 Å². The Bertz CT molecular complexity index is 542. The summed E-state index contributed by atoms with van der Waals surface area (Å²) in [6.45, 7) is 1.62. The summed E-state index contributed by atoms with van der Waals surface area (Å²) in [6, 6.07) is 2.98. The predicted molar refractivity (Wildman–Crippen MR) is 70.2 cm³/mol. The van der Waals surface area contributed by atoms with E-state index in [4.69, 9.17) is 10.8 Å². The Morgan fingerprint density at radius 3 is 2.50 bits per heavy atom. The predicted octanol–water partition coefficient (Wildman–Crippen LogP) is 0.149. The molecule has 1 atom stereocenters. The van der Waals surface area contributed by atoms with Crippen molar-refractivity contribution in [1.29, 1.82) is 0 Å². The van der Waals surface area contributed by atoms with Gasteiger partial charge in [0.15, 0.2) is 0 Å². The Morgan fingerprint density at radius 1 is 1.35 bits per heavy atom. The molecule has 0 radical (unpaired) electrons.